The molecule has 2 aromatic rings. The van der Waals surface area contributed by atoms with Crippen LogP contribution in [0.1, 0.15) is 0 Å². The quantitative estimate of drug-likeness (QED) is 0.683. The average molecular weight is 242 g/mol. The van der Waals surface area contributed by atoms with Gasteiger partial charge in [0.2, 0.25) is 0 Å². The van der Waals surface area contributed by atoms with Crippen molar-refractivity contribution in [1.82, 2.24) is 4.98 Å². The maximum absolute atomic E-state index is 13.4. The summed E-state index contributed by atoms with van der Waals surface area (Å²) < 4.78 is 13.4. The van der Waals surface area contributed by atoms with Crippen LogP contribution in [-0.2, 0) is 0 Å². The number of nitrogens with zero attached hydrogens (tertiary/aromatic N) is 1. The minimum Gasteiger partial charge on any atom is -0.241 e. The number of halogens is 3. The van der Waals surface area contributed by atoms with Gasteiger partial charge in [-0.2, -0.15) is 0 Å². The van der Waals surface area contributed by atoms with Crippen molar-refractivity contribution in [2.24, 2.45) is 0 Å². The standard InChI is InChI=1S/C11H6Cl2FN/c12-8-3-1-7(2-4-8)9-5-11(13)15-6-10(9)14/h1-6H. The fraction of sp³-hybridized carbons (Fsp3) is 0. The van der Waals surface area contributed by atoms with E-state index in [0.717, 1.165) is 11.8 Å². The van der Waals surface area contributed by atoms with Crippen LogP contribution in [0.2, 0.25) is 10.2 Å². The molecule has 0 spiro atoms. The van der Waals surface area contributed by atoms with E-state index >= 15 is 0 Å². The number of aromatic nitrogens is 1. The molecule has 76 valence electrons. The van der Waals surface area contributed by atoms with Gasteiger partial charge in [-0.25, -0.2) is 9.37 Å². The zero-order chi connectivity index (χ0) is 10.8. The highest BCUT2D eigenvalue weighted by Crippen LogP contribution is 2.25. The first kappa shape index (κ1) is 10.4. The molecule has 0 fully saturated rings. The second-order valence-corrected chi connectivity index (χ2v) is 3.82. The van der Waals surface area contributed by atoms with Crippen LogP contribution >= 0.6 is 23.2 Å². The molecule has 1 aromatic carbocycles. The van der Waals surface area contributed by atoms with Crippen LogP contribution in [0.25, 0.3) is 11.1 Å². The molecular weight excluding hydrogens is 236 g/mol. The highest BCUT2D eigenvalue weighted by atomic mass is 35.5. The van der Waals surface area contributed by atoms with Gasteiger partial charge in [0.25, 0.3) is 0 Å². The molecule has 0 N–H and O–H groups in total. The van der Waals surface area contributed by atoms with Crippen LogP contribution in [0.4, 0.5) is 4.39 Å². The SMILES string of the molecule is Fc1cnc(Cl)cc1-c1ccc(Cl)cc1. The second-order valence-electron chi connectivity index (χ2n) is 2.99. The lowest BCUT2D eigenvalue weighted by atomic mass is 10.1. The number of pyridine rings is 1. The molecular formula is C11H6Cl2FN. The Hall–Kier alpha value is -1.12. The molecule has 0 saturated heterocycles. The Morgan fingerprint density at radius 2 is 1.73 bits per heavy atom. The van der Waals surface area contributed by atoms with Gasteiger partial charge in [-0.3, -0.25) is 0 Å². The van der Waals surface area contributed by atoms with E-state index in [1.165, 1.54) is 6.07 Å². The van der Waals surface area contributed by atoms with E-state index < -0.39 is 5.82 Å². The van der Waals surface area contributed by atoms with Gasteiger partial charge < -0.3 is 0 Å². The number of hydrogen-bond donors (Lipinski definition) is 0. The summed E-state index contributed by atoms with van der Waals surface area (Å²) in [4.78, 5) is 3.65. The molecule has 0 bridgehead atoms. The van der Waals surface area contributed by atoms with Crippen molar-refractivity contribution in [3.05, 3.63) is 52.5 Å². The Bertz CT molecular complexity index is 482. The lowest BCUT2D eigenvalue weighted by molar-refractivity contribution is 0.625. The van der Waals surface area contributed by atoms with Gasteiger partial charge in [-0.05, 0) is 23.8 Å². The fourth-order valence-corrected chi connectivity index (χ4v) is 1.55. The molecule has 4 heteroatoms. The van der Waals surface area contributed by atoms with Gasteiger partial charge in [0.05, 0.1) is 6.20 Å². The number of rotatable bonds is 1. The summed E-state index contributed by atoms with van der Waals surface area (Å²) >= 11 is 11.4. The first-order chi connectivity index (χ1) is 7.16. The lowest BCUT2D eigenvalue weighted by Crippen LogP contribution is -1.86. The third-order valence-corrected chi connectivity index (χ3v) is 2.44. The minimum atomic E-state index is -0.401. The van der Waals surface area contributed by atoms with E-state index in [1.807, 2.05) is 0 Å². The molecule has 0 aliphatic carbocycles. The molecule has 1 aromatic heterocycles. The van der Waals surface area contributed by atoms with Crippen molar-refractivity contribution in [2.75, 3.05) is 0 Å². The second kappa shape index (κ2) is 4.17. The summed E-state index contributed by atoms with van der Waals surface area (Å²) in [5, 5.41) is 0.876. The summed E-state index contributed by atoms with van der Waals surface area (Å²) in [6.45, 7) is 0. The van der Waals surface area contributed by atoms with Gasteiger partial charge in [0.15, 0.2) is 0 Å². The molecule has 1 nitrogen and oxygen atoms in total. The highest BCUT2D eigenvalue weighted by Gasteiger charge is 2.06. The lowest BCUT2D eigenvalue weighted by Gasteiger charge is -2.03. The molecule has 2 rings (SSSR count). The summed E-state index contributed by atoms with van der Waals surface area (Å²) in [7, 11) is 0. The van der Waals surface area contributed by atoms with Crippen molar-refractivity contribution in [2.45, 2.75) is 0 Å². The minimum absolute atomic E-state index is 0.265. The van der Waals surface area contributed by atoms with Crippen LogP contribution in [0, 0.1) is 5.82 Å². The largest absolute Gasteiger partial charge is 0.241 e. The molecule has 0 atom stereocenters. The third kappa shape index (κ3) is 2.28. The predicted molar refractivity (Wildman–Crippen MR) is 59.7 cm³/mol. The van der Waals surface area contributed by atoms with E-state index in [1.54, 1.807) is 24.3 Å². The molecule has 15 heavy (non-hydrogen) atoms. The van der Waals surface area contributed by atoms with E-state index in [0.29, 0.717) is 10.6 Å². The van der Waals surface area contributed by atoms with Crippen LogP contribution < -0.4 is 0 Å². The monoisotopic (exact) mass is 241 g/mol. The van der Waals surface area contributed by atoms with Gasteiger partial charge in [0, 0.05) is 10.6 Å². The predicted octanol–water partition coefficient (Wildman–Crippen LogP) is 4.19. The third-order valence-electron chi connectivity index (χ3n) is 1.98. The Labute approximate surface area is 96.5 Å². The fourth-order valence-electron chi connectivity index (χ4n) is 1.26. The van der Waals surface area contributed by atoms with Crippen molar-refractivity contribution in [3.63, 3.8) is 0 Å². The Morgan fingerprint density at radius 1 is 1.07 bits per heavy atom. The van der Waals surface area contributed by atoms with Crippen molar-refractivity contribution in [3.8, 4) is 11.1 Å². The summed E-state index contributed by atoms with van der Waals surface area (Å²) in [5.41, 5.74) is 1.15. The van der Waals surface area contributed by atoms with E-state index in [2.05, 4.69) is 4.98 Å². The topological polar surface area (TPSA) is 12.9 Å². The smallest absolute Gasteiger partial charge is 0.149 e. The van der Waals surface area contributed by atoms with Crippen molar-refractivity contribution < 1.29 is 4.39 Å². The molecule has 0 aliphatic rings. The van der Waals surface area contributed by atoms with Crippen LogP contribution in [0.5, 0.6) is 0 Å². The van der Waals surface area contributed by atoms with Gasteiger partial charge in [-0.15, -0.1) is 0 Å². The van der Waals surface area contributed by atoms with Crippen molar-refractivity contribution >= 4 is 23.2 Å². The van der Waals surface area contributed by atoms with Gasteiger partial charge in [-0.1, -0.05) is 35.3 Å². The van der Waals surface area contributed by atoms with Gasteiger partial charge >= 0.3 is 0 Å². The zero-order valence-corrected chi connectivity index (χ0v) is 9.06. The Balaban J connectivity index is 2.53. The zero-order valence-electron chi connectivity index (χ0n) is 7.55. The normalized spacial score (nSPS) is 10.3. The van der Waals surface area contributed by atoms with Crippen LogP contribution in [0.15, 0.2) is 36.5 Å². The maximum Gasteiger partial charge on any atom is 0.149 e. The molecule has 1 heterocycles. The summed E-state index contributed by atoms with van der Waals surface area (Å²) in [6, 6.07) is 8.35. The highest BCUT2D eigenvalue weighted by molar-refractivity contribution is 6.30. The summed E-state index contributed by atoms with van der Waals surface area (Å²) in [5.74, 6) is -0.401. The first-order valence-corrected chi connectivity index (χ1v) is 4.99. The summed E-state index contributed by atoms with van der Waals surface area (Å²) in [6.07, 6.45) is 1.10. The molecule has 0 saturated carbocycles. The van der Waals surface area contributed by atoms with Crippen LogP contribution in [-0.4, -0.2) is 4.98 Å². The number of benzene rings is 1. The van der Waals surface area contributed by atoms with Crippen molar-refractivity contribution in [1.29, 1.82) is 0 Å². The van der Waals surface area contributed by atoms with Crippen LogP contribution in [0.3, 0.4) is 0 Å². The van der Waals surface area contributed by atoms with Gasteiger partial charge in [0.1, 0.15) is 11.0 Å². The molecule has 0 aliphatic heterocycles. The average Bonchev–Trinajstić information content (AvgIpc) is 2.23. The van der Waals surface area contributed by atoms with E-state index in [4.69, 9.17) is 23.2 Å². The number of hydrogen-bond acceptors (Lipinski definition) is 1. The molecule has 0 amide bonds. The van der Waals surface area contributed by atoms with E-state index in [-0.39, 0.29) is 5.15 Å². The molecule has 0 unspecified atom stereocenters. The first-order valence-electron chi connectivity index (χ1n) is 4.24. The molecule has 0 radical (unpaired) electrons. The van der Waals surface area contributed by atoms with E-state index in [9.17, 15) is 4.39 Å². The Morgan fingerprint density at radius 3 is 2.40 bits per heavy atom. The Kier molecular flexibility index (Phi) is 2.89. The maximum atomic E-state index is 13.4.